The average molecular weight is 397 g/mol. The minimum absolute atomic E-state index is 0.234. The maximum Gasteiger partial charge on any atom is 0.315 e. The molecule has 0 spiro atoms. The predicted octanol–water partition coefficient (Wildman–Crippen LogP) is 4.33. The largest absolute Gasteiger partial charge is 0.427 e. The van der Waals surface area contributed by atoms with Crippen molar-refractivity contribution in [2.24, 2.45) is 0 Å². The molecule has 0 heterocycles. The first kappa shape index (κ1) is 21.6. The molecule has 0 N–H and O–H groups in total. The summed E-state index contributed by atoms with van der Waals surface area (Å²) in [5.41, 5.74) is 3.03. The lowest BCUT2D eigenvalue weighted by Gasteiger charge is -2.13. The van der Waals surface area contributed by atoms with Gasteiger partial charge in [-0.1, -0.05) is 25.1 Å². The van der Waals surface area contributed by atoms with E-state index in [-0.39, 0.29) is 24.0 Å². The second kappa shape index (κ2) is 10.6. The Morgan fingerprint density at radius 2 is 1.71 bits per heavy atom. The van der Waals surface area contributed by atoms with Gasteiger partial charge in [0.25, 0.3) is 0 Å². The molecule has 2 unspecified atom stereocenters. The summed E-state index contributed by atoms with van der Waals surface area (Å²) in [6, 6.07) is 15.0. The summed E-state index contributed by atoms with van der Waals surface area (Å²) >= 11 is 0. The summed E-state index contributed by atoms with van der Waals surface area (Å²) in [5, 5.41) is 9.55. The summed E-state index contributed by atoms with van der Waals surface area (Å²) in [7, 11) is 2.32. The summed E-state index contributed by atoms with van der Waals surface area (Å²) < 4.78 is 10.4. The molecule has 2 aromatic rings. The summed E-state index contributed by atoms with van der Waals surface area (Å²) in [4.78, 5) is 22.7. The summed E-state index contributed by atoms with van der Waals surface area (Å²) in [6.07, 6.45) is 1.96. The molecule has 6 heteroatoms. The van der Waals surface area contributed by atoms with Crippen molar-refractivity contribution in [2.75, 3.05) is 6.16 Å². The monoisotopic (exact) mass is 397 g/mol. The molecule has 2 atom stereocenters. The van der Waals surface area contributed by atoms with Crippen LogP contribution >= 0.6 is 9.24 Å². The maximum absolute atomic E-state index is 11.4. The number of esters is 2. The van der Waals surface area contributed by atoms with Gasteiger partial charge < -0.3 is 9.47 Å². The fraction of sp³-hybridized carbons (Fsp3) is 0.318. The average Bonchev–Trinajstić information content (AvgIpc) is 2.70. The van der Waals surface area contributed by atoms with Gasteiger partial charge in [-0.3, -0.25) is 9.59 Å². The molecule has 0 aliphatic heterocycles. The van der Waals surface area contributed by atoms with E-state index >= 15 is 0 Å². The minimum atomic E-state index is -0.321. The molecule has 0 radical (unpaired) electrons. The SMILES string of the molecule is CCC(=O)Oc1ccc(CCC(C#N)c2ccc(OC(=O)CP)cc2)c(C)c1. The van der Waals surface area contributed by atoms with Gasteiger partial charge in [-0.25, -0.2) is 0 Å². The van der Waals surface area contributed by atoms with Crippen LogP contribution in [0.15, 0.2) is 42.5 Å². The smallest absolute Gasteiger partial charge is 0.315 e. The molecular formula is C22H24NO4P. The molecule has 0 aliphatic carbocycles. The van der Waals surface area contributed by atoms with Crippen LogP contribution in [0.25, 0.3) is 0 Å². The van der Waals surface area contributed by atoms with Gasteiger partial charge in [-0.15, -0.1) is 9.24 Å². The second-order valence-corrected chi connectivity index (χ2v) is 6.79. The van der Waals surface area contributed by atoms with Crippen LogP contribution in [0.5, 0.6) is 11.5 Å². The zero-order valence-corrected chi connectivity index (χ0v) is 17.3. The highest BCUT2D eigenvalue weighted by molar-refractivity contribution is 7.18. The Morgan fingerprint density at radius 1 is 1.07 bits per heavy atom. The van der Waals surface area contributed by atoms with Crippen LogP contribution in [0, 0.1) is 18.3 Å². The fourth-order valence-corrected chi connectivity index (χ4v) is 2.85. The number of carbonyl (C=O) groups excluding carboxylic acids is 2. The van der Waals surface area contributed by atoms with E-state index in [4.69, 9.17) is 9.47 Å². The molecule has 0 fully saturated rings. The van der Waals surface area contributed by atoms with E-state index in [1.807, 2.05) is 31.2 Å². The van der Waals surface area contributed by atoms with Crippen molar-refractivity contribution in [1.29, 1.82) is 5.26 Å². The van der Waals surface area contributed by atoms with E-state index in [1.165, 1.54) is 0 Å². The highest BCUT2D eigenvalue weighted by Crippen LogP contribution is 2.26. The second-order valence-electron chi connectivity index (χ2n) is 6.38. The third kappa shape index (κ3) is 6.18. The van der Waals surface area contributed by atoms with Crippen LogP contribution < -0.4 is 9.47 Å². The normalized spacial score (nSPS) is 11.4. The summed E-state index contributed by atoms with van der Waals surface area (Å²) in [6.45, 7) is 3.72. The first-order valence-corrected chi connectivity index (χ1v) is 9.99. The van der Waals surface area contributed by atoms with Gasteiger partial charge in [0.05, 0.1) is 18.1 Å². The molecule has 2 rings (SSSR count). The molecule has 0 aliphatic rings. The lowest BCUT2D eigenvalue weighted by Crippen LogP contribution is -2.08. The van der Waals surface area contributed by atoms with E-state index in [9.17, 15) is 14.9 Å². The van der Waals surface area contributed by atoms with Crippen molar-refractivity contribution >= 4 is 21.2 Å². The van der Waals surface area contributed by atoms with Crippen molar-refractivity contribution in [3.8, 4) is 17.6 Å². The van der Waals surface area contributed by atoms with Gasteiger partial charge in [0.15, 0.2) is 0 Å². The number of hydrogen-bond acceptors (Lipinski definition) is 5. The molecule has 28 heavy (non-hydrogen) atoms. The minimum Gasteiger partial charge on any atom is -0.427 e. The van der Waals surface area contributed by atoms with Crippen molar-refractivity contribution in [2.45, 2.75) is 39.0 Å². The quantitative estimate of drug-likeness (QED) is 0.376. The summed E-state index contributed by atoms with van der Waals surface area (Å²) in [5.74, 6) is 0.173. The molecule has 2 aromatic carbocycles. The lowest BCUT2D eigenvalue weighted by molar-refractivity contribution is -0.134. The Hall–Kier alpha value is -2.70. The number of nitriles is 1. The first-order chi connectivity index (χ1) is 13.5. The Morgan fingerprint density at radius 3 is 2.29 bits per heavy atom. The van der Waals surface area contributed by atoms with Gasteiger partial charge in [-0.05, 0) is 60.7 Å². The number of aryl methyl sites for hydroxylation is 2. The number of nitrogens with zero attached hydrogens (tertiary/aromatic N) is 1. The van der Waals surface area contributed by atoms with Crippen LogP contribution in [0.4, 0.5) is 0 Å². The number of benzene rings is 2. The molecule has 146 valence electrons. The van der Waals surface area contributed by atoms with Crippen LogP contribution in [-0.4, -0.2) is 18.1 Å². The van der Waals surface area contributed by atoms with Crippen molar-refractivity contribution in [3.63, 3.8) is 0 Å². The number of ether oxygens (including phenoxy) is 2. The molecular weight excluding hydrogens is 373 g/mol. The van der Waals surface area contributed by atoms with Crippen LogP contribution in [0.3, 0.4) is 0 Å². The van der Waals surface area contributed by atoms with E-state index < -0.39 is 0 Å². The Balaban J connectivity index is 2.01. The van der Waals surface area contributed by atoms with E-state index in [0.717, 1.165) is 23.1 Å². The van der Waals surface area contributed by atoms with Crippen LogP contribution in [-0.2, 0) is 16.0 Å². The van der Waals surface area contributed by atoms with Gasteiger partial charge >= 0.3 is 11.9 Å². The van der Waals surface area contributed by atoms with E-state index in [1.54, 1.807) is 25.1 Å². The van der Waals surface area contributed by atoms with Gasteiger partial charge in [0, 0.05) is 6.42 Å². The lowest BCUT2D eigenvalue weighted by atomic mass is 9.92. The van der Waals surface area contributed by atoms with Crippen LogP contribution in [0.1, 0.15) is 42.4 Å². The number of hydrogen-bond donors (Lipinski definition) is 0. The molecule has 0 saturated heterocycles. The van der Waals surface area contributed by atoms with Gasteiger partial charge in [0.2, 0.25) is 0 Å². The van der Waals surface area contributed by atoms with Gasteiger partial charge in [0.1, 0.15) is 11.5 Å². The highest BCUT2D eigenvalue weighted by Gasteiger charge is 2.13. The third-order valence-corrected chi connectivity index (χ3v) is 4.71. The number of rotatable bonds is 8. The Bertz CT molecular complexity index is 871. The third-order valence-electron chi connectivity index (χ3n) is 4.37. The molecule has 5 nitrogen and oxygen atoms in total. The first-order valence-electron chi connectivity index (χ1n) is 9.17. The predicted molar refractivity (Wildman–Crippen MR) is 110 cm³/mol. The zero-order chi connectivity index (χ0) is 20.5. The van der Waals surface area contributed by atoms with Crippen molar-refractivity contribution < 1.29 is 19.1 Å². The maximum atomic E-state index is 11.4. The molecule has 0 aromatic heterocycles. The molecule has 0 amide bonds. The molecule has 0 saturated carbocycles. The fourth-order valence-electron chi connectivity index (χ4n) is 2.76. The van der Waals surface area contributed by atoms with E-state index in [2.05, 4.69) is 15.3 Å². The van der Waals surface area contributed by atoms with E-state index in [0.29, 0.717) is 24.3 Å². The highest BCUT2D eigenvalue weighted by atomic mass is 31.0. The van der Waals surface area contributed by atoms with Gasteiger partial charge in [-0.2, -0.15) is 5.26 Å². The van der Waals surface area contributed by atoms with Crippen molar-refractivity contribution in [1.82, 2.24) is 0 Å². The zero-order valence-electron chi connectivity index (χ0n) is 16.1. The molecule has 0 bridgehead atoms. The van der Waals surface area contributed by atoms with Crippen molar-refractivity contribution in [3.05, 3.63) is 59.2 Å². The standard InChI is InChI=1S/C22H24NO4P/c1-3-21(24)27-20-11-6-16(15(2)12-20)4-5-18(13-23)17-7-9-19(10-8-17)26-22(25)14-28/h6-12,18H,3-5,14,28H2,1-2H3. The topological polar surface area (TPSA) is 76.4 Å². The van der Waals surface area contributed by atoms with Crippen LogP contribution in [0.2, 0.25) is 0 Å². The Kier molecular flexibility index (Phi) is 8.17. The Labute approximate surface area is 167 Å². The number of carbonyl (C=O) groups is 2.